The zero-order valence-corrected chi connectivity index (χ0v) is 10.5. The number of nitrogens with one attached hydrogen (secondary N) is 1. The summed E-state index contributed by atoms with van der Waals surface area (Å²) in [5.74, 6) is -0.941. The van der Waals surface area contributed by atoms with Crippen LogP contribution in [0, 0.1) is 0 Å². The number of aliphatic carboxylic acids is 1. The summed E-state index contributed by atoms with van der Waals surface area (Å²) in [6.45, 7) is 6.83. The second-order valence-corrected chi connectivity index (χ2v) is 5.78. The molecule has 90 valence electrons. The van der Waals surface area contributed by atoms with Crippen molar-refractivity contribution in [2.75, 3.05) is 0 Å². The fourth-order valence-corrected chi connectivity index (χ4v) is 2.12. The first kappa shape index (κ1) is 12.8. The Morgan fingerprint density at radius 2 is 2.12 bits per heavy atom. The van der Waals surface area contributed by atoms with Crippen molar-refractivity contribution in [3.05, 3.63) is 10.5 Å². The van der Waals surface area contributed by atoms with Gasteiger partial charge in [0.1, 0.15) is 4.75 Å². The van der Waals surface area contributed by atoms with E-state index in [-0.39, 0.29) is 11.7 Å². The average molecular weight is 245 g/mol. The molecule has 0 spiro atoms. The number of thioether (sulfide) groups is 1. The second-order valence-electron chi connectivity index (χ2n) is 4.19. The van der Waals surface area contributed by atoms with Crippen molar-refractivity contribution in [2.45, 2.75) is 43.6 Å². The molecule has 0 amide bonds. The first-order valence-electron chi connectivity index (χ1n) is 4.85. The number of H-pyrrole nitrogens is 1. The SMILES string of the molecule is CC(C)n1c(SC(C)(C)C(=O)O)n[nH]c1=O. The standard InChI is InChI=1S/C9H15N3O3S/c1-5(2)12-7(15)10-11-8(12)16-9(3,4)6(13)14/h5H,1-4H3,(H,10,15)(H,13,14). The number of aromatic nitrogens is 3. The quantitative estimate of drug-likeness (QED) is 0.776. The van der Waals surface area contributed by atoms with Crippen molar-refractivity contribution in [1.82, 2.24) is 14.8 Å². The molecule has 0 saturated carbocycles. The minimum atomic E-state index is -1.02. The predicted octanol–water partition coefficient (Wildman–Crippen LogP) is 1.11. The summed E-state index contributed by atoms with van der Waals surface area (Å²) in [6.07, 6.45) is 0. The lowest BCUT2D eigenvalue weighted by atomic mass is 10.2. The second kappa shape index (κ2) is 4.32. The van der Waals surface area contributed by atoms with Crippen molar-refractivity contribution in [3.63, 3.8) is 0 Å². The Hall–Kier alpha value is -1.24. The maximum atomic E-state index is 11.4. The summed E-state index contributed by atoms with van der Waals surface area (Å²) in [7, 11) is 0. The number of carbonyl (C=O) groups is 1. The average Bonchev–Trinajstić information content (AvgIpc) is 2.45. The molecule has 2 N–H and O–H groups in total. The lowest BCUT2D eigenvalue weighted by molar-refractivity contribution is -0.138. The molecular formula is C9H15N3O3S. The highest BCUT2D eigenvalue weighted by atomic mass is 32.2. The Bertz CT molecular complexity index is 447. The normalized spacial score (nSPS) is 12.1. The van der Waals surface area contributed by atoms with Gasteiger partial charge in [-0.15, -0.1) is 5.10 Å². The molecule has 6 nitrogen and oxygen atoms in total. The number of carboxylic acids is 1. The highest BCUT2D eigenvalue weighted by Gasteiger charge is 2.31. The fraction of sp³-hybridized carbons (Fsp3) is 0.667. The van der Waals surface area contributed by atoms with Crippen LogP contribution < -0.4 is 5.69 Å². The molecule has 0 aliphatic heterocycles. The number of hydrogen-bond donors (Lipinski definition) is 2. The van der Waals surface area contributed by atoms with E-state index in [2.05, 4.69) is 10.2 Å². The molecule has 0 aromatic carbocycles. The van der Waals surface area contributed by atoms with Gasteiger partial charge in [-0.3, -0.25) is 9.36 Å². The third kappa shape index (κ3) is 2.46. The monoisotopic (exact) mass is 245 g/mol. The molecule has 0 radical (unpaired) electrons. The van der Waals surface area contributed by atoms with Crippen LogP contribution in [0.15, 0.2) is 9.95 Å². The molecule has 0 fully saturated rings. The van der Waals surface area contributed by atoms with Crippen LogP contribution in [-0.4, -0.2) is 30.6 Å². The molecule has 7 heteroatoms. The smallest absolute Gasteiger partial charge is 0.344 e. The van der Waals surface area contributed by atoms with Gasteiger partial charge in [-0.25, -0.2) is 9.89 Å². The van der Waals surface area contributed by atoms with E-state index in [9.17, 15) is 9.59 Å². The zero-order valence-electron chi connectivity index (χ0n) is 9.64. The molecule has 0 saturated heterocycles. The van der Waals surface area contributed by atoms with Crippen molar-refractivity contribution in [3.8, 4) is 0 Å². The minimum absolute atomic E-state index is 0.0571. The Balaban J connectivity index is 3.07. The van der Waals surface area contributed by atoms with Crippen LogP contribution in [0.25, 0.3) is 0 Å². The summed E-state index contributed by atoms with van der Waals surface area (Å²) in [5, 5.41) is 15.5. The molecule has 0 aliphatic carbocycles. The molecule has 0 aliphatic rings. The van der Waals surface area contributed by atoms with E-state index in [4.69, 9.17) is 5.11 Å². The molecule has 1 heterocycles. The molecule has 0 bridgehead atoms. The van der Waals surface area contributed by atoms with E-state index in [0.29, 0.717) is 5.16 Å². The maximum absolute atomic E-state index is 11.4. The van der Waals surface area contributed by atoms with Gasteiger partial charge < -0.3 is 5.11 Å². The van der Waals surface area contributed by atoms with E-state index in [1.807, 2.05) is 13.8 Å². The molecular weight excluding hydrogens is 230 g/mol. The van der Waals surface area contributed by atoms with Crippen LogP contribution >= 0.6 is 11.8 Å². The Kier molecular flexibility index (Phi) is 3.47. The highest BCUT2D eigenvalue weighted by molar-refractivity contribution is 8.01. The molecule has 0 atom stereocenters. The van der Waals surface area contributed by atoms with Gasteiger partial charge in [0.2, 0.25) is 0 Å². The summed E-state index contributed by atoms with van der Waals surface area (Å²) in [5.41, 5.74) is -0.321. The molecule has 0 unspecified atom stereocenters. The third-order valence-electron chi connectivity index (χ3n) is 2.05. The van der Waals surface area contributed by atoms with Crippen LogP contribution in [0.1, 0.15) is 33.7 Å². The van der Waals surface area contributed by atoms with E-state index < -0.39 is 10.7 Å². The minimum Gasteiger partial charge on any atom is -0.480 e. The van der Waals surface area contributed by atoms with Crippen LogP contribution in [0.2, 0.25) is 0 Å². The van der Waals surface area contributed by atoms with Gasteiger partial charge in [0.05, 0.1) is 0 Å². The van der Waals surface area contributed by atoms with E-state index in [1.165, 1.54) is 4.57 Å². The number of nitrogens with zero attached hydrogens (tertiary/aromatic N) is 2. The van der Waals surface area contributed by atoms with Gasteiger partial charge in [0.25, 0.3) is 0 Å². The first-order chi connectivity index (χ1) is 7.25. The van der Waals surface area contributed by atoms with Crippen molar-refractivity contribution in [1.29, 1.82) is 0 Å². The molecule has 1 aromatic heterocycles. The Morgan fingerprint density at radius 3 is 2.56 bits per heavy atom. The number of hydrogen-bond acceptors (Lipinski definition) is 4. The summed E-state index contributed by atoms with van der Waals surface area (Å²) in [4.78, 5) is 22.4. The lowest BCUT2D eigenvalue weighted by Gasteiger charge is -2.18. The van der Waals surface area contributed by atoms with Gasteiger partial charge in [-0.2, -0.15) is 0 Å². The molecule has 1 rings (SSSR count). The van der Waals surface area contributed by atoms with E-state index >= 15 is 0 Å². The summed E-state index contributed by atoms with van der Waals surface area (Å²) >= 11 is 1.05. The highest BCUT2D eigenvalue weighted by Crippen LogP contribution is 2.31. The van der Waals surface area contributed by atoms with Crippen LogP contribution in [-0.2, 0) is 4.79 Å². The summed E-state index contributed by atoms with van der Waals surface area (Å²) in [6, 6.07) is -0.0571. The van der Waals surface area contributed by atoms with E-state index in [0.717, 1.165) is 11.8 Å². The van der Waals surface area contributed by atoms with Gasteiger partial charge in [0.15, 0.2) is 5.16 Å². The lowest BCUT2D eigenvalue weighted by Crippen LogP contribution is -2.28. The van der Waals surface area contributed by atoms with Gasteiger partial charge in [0, 0.05) is 6.04 Å². The van der Waals surface area contributed by atoms with Gasteiger partial charge in [-0.05, 0) is 27.7 Å². The van der Waals surface area contributed by atoms with Crippen molar-refractivity contribution >= 4 is 17.7 Å². The Labute approximate surface area is 97.1 Å². The van der Waals surface area contributed by atoms with Gasteiger partial charge >= 0.3 is 11.7 Å². The summed E-state index contributed by atoms with van der Waals surface area (Å²) < 4.78 is 0.424. The van der Waals surface area contributed by atoms with Crippen LogP contribution in [0.3, 0.4) is 0 Å². The topological polar surface area (TPSA) is 88.0 Å². The van der Waals surface area contributed by atoms with Crippen molar-refractivity contribution in [2.24, 2.45) is 0 Å². The number of rotatable bonds is 4. The van der Waals surface area contributed by atoms with Crippen LogP contribution in [0.4, 0.5) is 0 Å². The molecule has 16 heavy (non-hydrogen) atoms. The van der Waals surface area contributed by atoms with Crippen LogP contribution in [0.5, 0.6) is 0 Å². The number of aromatic amines is 1. The number of carboxylic acid groups (broad SMARTS) is 1. The maximum Gasteiger partial charge on any atom is 0.344 e. The van der Waals surface area contributed by atoms with Gasteiger partial charge in [-0.1, -0.05) is 11.8 Å². The van der Waals surface area contributed by atoms with E-state index in [1.54, 1.807) is 13.8 Å². The zero-order chi connectivity index (χ0) is 12.5. The predicted molar refractivity (Wildman–Crippen MR) is 60.8 cm³/mol. The Morgan fingerprint density at radius 1 is 1.56 bits per heavy atom. The largest absolute Gasteiger partial charge is 0.480 e. The molecule has 1 aromatic rings. The fourth-order valence-electron chi connectivity index (χ4n) is 1.09. The van der Waals surface area contributed by atoms with Crippen molar-refractivity contribution < 1.29 is 9.90 Å². The third-order valence-corrected chi connectivity index (χ3v) is 3.21. The first-order valence-corrected chi connectivity index (χ1v) is 5.66.